The molecule has 18 heavy (non-hydrogen) atoms. The number of anilines is 1. The Morgan fingerprint density at radius 1 is 1.50 bits per heavy atom. The van der Waals surface area contributed by atoms with E-state index in [2.05, 4.69) is 10.3 Å². The highest BCUT2D eigenvalue weighted by atomic mass is 32.1. The van der Waals surface area contributed by atoms with Crippen LogP contribution in [0.2, 0.25) is 0 Å². The molecule has 1 aromatic heterocycles. The number of thiocarbonyl (C=S) groups is 1. The lowest BCUT2D eigenvalue weighted by Gasteiger charge is -2.25. The van der Waals surface area contributed by atoms with Crippen molar-refractivity contribution in [2.24, 2.45) is 5.73 Å². The molecule has 1 aromatic rings. The van der Waals surface area contributed by atoms with Crippen molar-refractivity contribution >= 4 is 22.9 Å². The van der Waals surface area contributed by atoms with Crippen molar-refractivity contribution in [3.63, 3.8) is 0 Å². The lowest BCUT2D eigenvalue weighted by atomic mass is 10.1. The summed E-state index contributed by atoms with van der Waals surface area (Å²) in [5.74, 6) is 0. The molecule has 0 saturated heterocycles. The number of pyridine rings is 1. The van der Waals surface area contributed by atoms with Crippen LogP contribution in [0.25, 0.3) is 0 Å². The van der Waals surface area contributed by atoms with Gasteiger partial charge in [0.2, 0.25) is 0 Å². The summed E-state index contributed by atoms with van der Waals surface area (Å²) in [4.78, 5) is 4.74. The molecule has 1 rings (SSSR count). The molecule has 0 fully saturated rings. The van der Waals surface area contributed by atoms with Gasteiger partial charge in [0.15, 0.2) is 0 Å². The second kappa shape index (κ2) is 5.63. The summed E-state index contributed by atoms with van der Waals surface area (Å²) >= 11 is 5.08. The maximum Gasteiger partial charge on any atom is 0.107 e. The predicted octanol–water partition coefficient (Wildman–Crippen LogP) is 2.17. The van der Waals surface area contributed by atoms with Gasteiger partial charge in [0.1, 0.15) is 4.99 Å². The minimum Gasteiger partial charge on any atom is -0.389 e. The number of rotatable bonds is 5. The number of hydrogen-bond acceptors (Lipinski definition) is 4. The molecule has 100 valence electrons. The summed E-state index contributed by atoms with van der Waals surface area (Å²) in [7, 11) is 1.69. The molecule has 0 aliphatic rings. The van der Waals surface area contributed by atoms with E-state index >= 15 is 0 Å². The van der Waals surface area contributed by atoms with Gasteiger partial charge in [-0.3, -0.25) is 4.98 Å². The van der Waals surface area contributed by atoms with Crippen LogP contribution in [0.15, 0.2) is 6.07 Å². The molecule has 0 aromatic carbocycles. The first-order valence-corrected chi connectivity index (χ1v) is 6.25. The Kier molecular flexibility index (Phi) is 4.65. The van der Waals surface area contributed by atoms with Gasteiger partial charge in [-0.2, -0.15) is 0 Å². The highest BCUT2D eigenvalue weighted by Gasteiger charge is 2.18. The van der Waals surface area contributed by atoms with Crippen LogP contribution in [-0.4, -0.2) is 29.2 Å². The zero-order valence-corrected chi connectivity index (χ0v) is 12.4. The topological polar surface area (TPSA) is 60.2 Å². The van der Waals surface area contributed by atoms with Crippen LogP contribution in [0, 0.1) is 13.8 Å². The van der Waals surface area contributed by atoms with Crippen molar-refractivity contribution in [1.29, 1.82) is 0 Å². The highest BCUT2D eigenvalue weighted by Crippen LogP contribution is 2.21. The number of aromatic nitrogens is 1. The molecular weight excluding hydrogens is 246 g/mol. The van der Waals surface area contributed by atoms with Gasteiger partial charge in [0.05, 0.1) is 11.2 Å². The molecule has 0 unspecified atom stereocenters. The molecule has 0 aliphatic carbocycles. The number of hydrogen-bond donors (Lipinski definition) is 2. The fourth-order valence-corrected chi connectivity index (χ4v) is 1.92. The van der Waals surface area contributed by atoms with E-state index in [1.165, 1.54) is 0 Å². The predicted molar refractivity (Wildman–Crippen MR) is 79.2 cm³/mol. The van der Waals surface area contributed by atoms with E-state index in [1.807, 2.05) is 33.8 Å². The normalized spacial score (nSPS) is 11.4. The molecule has 0 bridgehead atoms. The Morgan fingerprint density at radius 2 is 2.11 bits per heavy atom. The van der Waals surface area contributed by atoms with Gasteiger partial charge in [-0.25, -0.2) is 0 Å². The molecule has 0 spiro atoms. The van der Waals surface area contributed by atoms with Crippen molar-refractivity contribution in [1.82, 2.24) is 4.98 Å². The van der Waals surface area contributed by atoms with Crippen molar-refractivity contribution in [3.8, 4) is 0 Å². The van der Waals surface area contributed by atoms with E-state index < -0.39 is 0 Å². The number of methoxy groups -OCH3 is 1. The van der Waals surface area contributed by atoms with Gasteiger partial charge < -0.3 is 15.8 Å². The largest absolute Gasteiger partial charge is 0.389 e. The van der Waals surface area contributed by atoms with Crippen molar-refractivity contribution in [2.45, 2.75) is 33.3 Å². The summed E-state index contributed by atoms with van der Waals surface area (Å²) in [6, 6.07) is 1.95. The molecule has 4 nitrogen and oxygen atoms in total. The van der Waals surface area contributed by atoms with Gasteiger partial charge in [-0.1, -0.05) is 12.2 Å². The summed E-state index contributed by atoms with van der Waals surface area (Å²) < 4.78 is 5.38. The van der Waals surface area contributed by atoms with Crippen molar-refractivity contribution < 1.29 is 4.74 Å². The Bertz CT molecular complexity index is 458. The van der Waals surface area contributed by atoms with E-state index in [-0.39, 0.29) is 5.60 Å². The second-order valence-electron chi connectivity index (χ2n) is 4.95. The van der Waals surface area contributed by atoms with Crippen LogP contribution in [0.3, 0.4) is 0 Å². The van der Waals surface area contributed by atoms with E-state index in [0.717, 1.165) is 22.6 Å². The summed E-state index contributed by atoms with van der Waals surface area (Å²) in [6.45, 7) is 8.56. The van der Waals surface area contributed by atoms with Crippen LogP contribution >= 0.6 is 12.2 Å². The van der Waals surface area contributed by atoms with Gasteiger partial charge in [0, 0.05) is 30.7 Å². The van der Waals surface area contributed by atoms with Gasteiger partial charge in [-0.05, 0) is 33.8 Å². The van der Waals surface area contributed by atoms with E-state index in [1.54, 1.807) is 7.11 Å². The van der Waals surface area contributed by atoms with E-state index in [4.69, 9.17) is 22.7 Å². The van der Waals surface area contributed by atoms with Gasteiger partial charge in [0.25, 0.3) is 0 Å². The van der Waals surface area contributed by atoms with Crippen LogP contribution in [-0.2, 0) is 4.74 Å². The smallest absolute Gasteiger partial charge is 0.107 e. The van der Waals surface area contributed by atoms with Crippen molar-refractivity contribution in [2.75, 3.05) is 19.0 Å². The quantitative estimate of drug-likeness (QED) is 0.801. The molecule has 0 radical (unpaired) electrons. The summed E-state index contributed by atoms with van der Waals surface area (Å²) in [5, 5.41) is 3.33. The van der Waals surface area contributed by atoms with Gasteiger partial charge >= 0.3 is 0 Å². The minimum atomic E-state index is -0.251. The number of ether oxygens (including phenoxy) is 1. The van der Waals surface area contributed by atoms with Crippen LogP contribution in [0.5, 0.6) is 0 Å². The first kappa shape index (κ1) is 14.9. The number of nitrogens with zero attached hydrogens (tertiary/aromatic N) is 1. The first-order valence-electron chi connectivity index (χ1n) is 5.84. The van der Waals surface area contributed by atoms with Crippen LogP contribution < -0.4 is 11.1 Å². The lowest BCUT2D eigenvalue weighted by Crippen LogP contribution is -2.32. The van der Waals surface area contributed by atoms with Crippen LogP contribution in [0.1, 0.15) is 30.8 Å². The van der Waals surface area contributed by atoms with Crippen LogP contribution in [0.4, 0.5) is 5.69 Å². The third kappa shape index (κ3) is 3.65. The van der Waals surface area contributed by atoms with E-state index in [9.17, 15) is 0 Å². The standard InChI is InChI=1S/C13H21N3OS/c1-8-6-10(15-7-13(3,4)17-5)11(12(14)18)9(2)16-8/h6H,7H2,1-5H3,(H2,14,18)(H,15,16). The summed E-state index contributed by atoms with van der Waals surface area (Å²) in [5.41, 5.74) is 9.01. The molecule has 0 saturated carbocycles. The molecule has 5 heteroatoms. The zero-order valence-electron chi connectivity index (χ0n) is 11.6. The number of nitrogens with one attached hydrogen (secondary N) is 1. The SMILES string of the molecule is COC(C)(C)CNc1cc(C)nc(C)c1C(N)=S. The third-order valence-electron chi connectivity index (χ3n) is 2.83. The average Bonchev–Trinajstić information content (AvgIpc) is 2.25. The average molecular weight is 267 g/mol. The molecule has 0 aliphatic heterocycles. The summed E-state index contributed by atoms with van der Waals surface area (Å²) in [6.07, 6.45) is 0. The maximum atomic E-state index is 5.76. The maximum absolute atomic E-state index is 5.76. The fourth-order valence-electron chi connectivity index (χ4n) is 1.66. The number of aryl methyl sites for hydroxylation is 2. The Morgan fingerprint density at radius 3 is 2.61 bits per heavy atom. The fraction of sp³-hybridized carbons (Fsp3) is 0.538. The zero-order chi connectivity index (χ0) is 13.9. The highest BCUT2D eigenvalue weighted by molar-refractivity contribution is 7.80. The molecular formula is C13H21N3OS. The molecule has 3 N–H and O–H groups in total. The third-order valence-corrected chi connectivity index (χ3v) is 3.04. The minimum absolute atomic E-state index is 0.251. The van der Waals surface area contributed by atoms with E-state index in [0.29, 0.717) is 11.5 Å². The number of nitrogens with two attached hydrogens (primary N) is 1. The Labute approximate surface area is 114 Å². The molecule has 0 atom stereocenters. The molecule has 1 heterocycles. The Hall–Kier alpha value is -1.20. The second-order valence-corrected chi connectivity index (χ2v) is 5.39. The Balaban J connectivity index is 3.04. The first-order chi connectivity index (χ1) is 8.26. The van der Waals surface area contributed by atoms with Gasteiger partial charge in [-0.15, -0.1) is 0 Å². The van der Waals surface area contributed by atoms with Crippen molar-refractivity contribution in [3.05, 3.63) is 23.0 Å². The molecule has 0 amide bonds. The monoisotopic (exact) mass is 267 g/mol. The lowest BCUT2D eigenvalue weighted by molar-refractivity contribution is 0.0344.